The van der Waals surface area contributed by atoms with Crippen molar-refractivity contribution in [2.24, 2.45) is 5.92 Å². The zero-order chi connectivity index (χ0) is 18.6. The number of aliphatic hydroxyl groups is 1. The lowest BCUT2D eigenvalue weighted by Gasteiger charge is -2.44. The Morgan fingerprint density at radius 2 is 1.38 bits per heavy atom. The zero-order valence-electron chi connectivity index (χ0n) is 16.6. The van der Waals surface area contributed by atoms with Gasteiger partial charge in [0.2, 0.25) is 0 Å². The fourth-order valence-corrected chi connectivity index (χ4v) is 10.1. The van der Waals surface area contributed by atoms with E-state index in [1.165, 1.54) is 42.7 Å². The Bertz CT molecular complexity index is 634. The monoisotopic (exact) mass is 369 g/mol. The lowest BCUT2D eigenvalue weighted by Crippen LogP contribution is -2.50. The summed E-state index contributed by atoms with van der Waals surface area (Å²) in [5, 5.41) is 14.7. The highest BCUT2D eigenvalue weighted by molar-refractivity contribution is 7.90. The first-order chi connectivity index (χ1) is 12.5. The van der Waals surface area contributed by atoms with Crippen LogP contribution >= 0.6 is 7.26 Å². The molecule has 0 bridgehead atoms. The van der Waals surface area contributed by atoms with Crippen molar-refractivity contribution in [3.63, 3.8) is 0 Å². The third kappa shape index (κ3) is 3.49. The van der Waals surface area contributed by atoms with Crippen molar-refractivity contribution in [2.45, 2.75) is 64.1 Å². The second-order valence-corrected chi connectivity index (χ2v) is 12.3. The molecule has 0 heterocycles. The molecule has 2 atom stereocenters. The van der Waals surface area contributed by atoms with Crippen LogP contribution in [-0.2, 0) is 0 Å². The largest absolute Gasteiger partial charge is 0.386 e. The fourth-order valence-electron chi connectivity index (χ4n) is 5.10. The Kier molecular flexibility index (Phi) is 6.21. The smallest absolute Gasteiger partial charge is 0.105 e. The average molecular weight is 370 g/mol. The van der Waals surface area contributed by atoms with Gasteiger partial charge >= 0.3 is 0 Å². The molecular weight excluding hydrogens is 335 g/mol. The molecule has 0 saturated heterocycles. The normalized spacial score (nSPS) is 19.7. The summed E-state index contributed by atoms with van der Waals surface area (Å²) < 4.78 is 0. The van der Waals surface area contributed by atoms with Gasteiger partial charge in [-0.3, -0.25) is 0 Å². The van der Waals surface area contributed by atoms with Crippen LogP contribution in [-0.4, -0.2) is 22.5 Å². The van der Waals surface area contributed by atoms with Crippen molar-refractivity contribution in [1.29, 1.82) is 0 Å². The molecule has 2 aromatic rings. The summed E-state index contributed by atoms with van der Waals surface area (Å²) in [6.07, 6.45) is 7.29. The van der Waals surface area contributed by atoms with Crippen molar-refractivity contribution in [3.8, 4) is 0 Å². The average Bonchev–Trinajstić information content (AvgIpc) is 2.71. The van der Waals surface area contributed by atoms with Crippen LogP contribution in [0.3, 0.4) is 0 Å². The molecule has 26 heavy (non-hydrogen) atoms. The van der Waals surface area contributed by atoms with Gasteiger partial charge in [0.05, 0.1) is 24.0 Å². The van der Waals surface area contributed by atoms with Crippen LogP contribution in [0.4, 0.5) is 0 Å². The topological polar surface area (TPSA) is 20.2 Å². The standard InChI is InChI=1S/C24H34OP/c1-4-26(22-16-10-6-11-17-22,23-18-12-7-13-19-23)20(2)24(3,25)21-14-8-5-9-15-21/h6-7,10-13,16-21,25H,4-5,8-9,14-15H2,1-3H3/q+1/t20-,24-/m1/s1. The molecule has 1 fully saturated rings. The predicted molar refractivity (Wildman–Crippen MR) is 116 cm³/mol. The summed E-state index contributed by atoms with van der Waals surface area (Å²) in [6.45, 7) is 6.77. The summed E-state index contributed by atoms with van der Waals surface area (Å²) in [5.41, 5.74) is -0.386. The molecule has 0 aliphatic heterocycles. The fraction of sp³-hybridized carbons (Fsp3) is 0.500. The third-order valence-corrected chi connectivity index (χ3v) is 12.2. The highest BCUT2D eigenvalue weighted by atomic mass is 31.2. The molecule has 0 spiro atoms. The van der Waals surface area contributed by atoms with E-state index in [0.717, 1.165) is 6.16 Å². The first-order valence-electron chi connectivity index (χ1n) is 10.2. The van der Waals surface area contributed by atoms with E-state index in [4.69, 9.17) is 0 Å². The second kappa shape index (κ2) is 8.24. The van der Waals surface area contributed by atoms with Gasteiger partial charge < -0.3 is 5.11 Å². The molecule has 0 amide bonds. The first kappa shape index (κ1) is 19.6. The predicted octanol–water partition coefficient (Wildman–Crippen LogP) is 5.39. The number of hydrogen-bond acceptors (Lipinski definition) is 1. The maximum Gasteiger partial charge on any atom is 0.105 e. The molecule has 0 unspecified atom stereocenters. The highest BCUT2D eigenvalue weighted by Gasteiger charge is 2.55. The molecule has 2 aromatic carbocycles. The molecular formula is C24H34OP+. The maximum atomic E-state index is 11.8. The van der Waals surface area contributed by atoms with E-state index in [9.17, 15) is 5.11 Å². The van der Waals surface area contributed by atoms with Crippen molar-refractivity contribution in [2.75, 3.05) is 6.16 Å². The Balaban J connectivity index is 2.11. The molecule has 3 rings (SSSR count). The summed E-state index contributed by atoms with van der Waals surface area (Å²) >= 11 is 0. The van der Waals surface area contributed by atoms with E-state index < -0.39 is 12.9 Å². The summed E-state index contributed by atoms with van der Waals surface area (Å²) in [5.74, 6) is 0.421. The minimum absolute atomic E-state index is 0.243. The van der Waals surface area contributed by atoms with Gasteiger partial charge in [-0.05, 0) is 63.8 Å². The van der Waals surface area contributed by atoms with Crippen LogP contribution in [0.15, 0.2) is 60.7 Å². The molecule has 1 aliphatic rings. The first-order valence-corrected chi connectivity index (χ1v) is 12.3. The summed E-state index contributed by atoms with van der Waals surface area (Å²) in [4.78, 5) is 0. The van der Waals surface area contributed by atoms with Gasteiger partial charge in [0.1, 0.15) is 11.3 Å². The maximum absolute atomic E-state index is 11.8. The van der Waals surface area contributed by atoms with Gasteiger partial charge in [0, 0.05) is 0 Å². The van der Waals surface area contributed by atoms with Gasteiger partial charge in [-0.2, -0.15) is 0 Å². The van der Waals surface area contributed by atoms with E-state index >= 15 is 0 Å². The van der Waals surface area contributed by atoms with E-state index in [1.54, 1.807) is 0 Å². The lowest BCUT2D eigenvalue weighted by molar-refractivity contribution is -0.0159. The molecule has 1 aliphatic carbocycles. The molecule has 2 heteroatoms. The Morgan fingerprint density at radius 1 is 0.923 bits per heavy atom. The molecule has 140 valence electrons. The van der Waals surface area contributed by atoms with Crippen LogP contribution in [0.2, 0.25) is 0 Å². The molecule has 0 radical (unpaired) electrons. The van der Waals surface area contributed by atoms with E-state index in [0.29, 0.717) is 5.92 Å². The molecule has 1 nitrogen and oxygen atoms in total. The van der Waals surface area contributed by atoms with E-state index in [-0.39, 0.29) is 5.66 Å². The molecule has 1 N–H and O–H groups in total. The van der Waals surface area contributed by atoms with Crippen molar-refractivity contribution < 1.29 is 5.11 Å². The Labute approximate surface area is 160 Å². The second-order valence-electron chi connectivity index (χ2n) is 8.09. The molecule has 1 saturated carbocycles. The van der Waals surface area contributed by atoms with E-state index in [2.05, 4.69) is 81.4 Å². The third-order valence-electron chi connectivity index (χ3n) is 6.87. The van der Waals surface area contributed by atoms with Gasteiger partial charge in [0.15, 0.2) is 0 Å². The summed E-state index contributed by atoms with van der Waals surface area (Å²) in [6, 6.07) is 22.0. The van der Waals surface area contributed by atoms with Gasteiger partial charge in [0.25, 0.3) is 0 Å². The molecule has 0 aromatic heterocycles. The number of hydrogen-bond donors (Lipinski definition) is 1. The number of benzene rings is 2. The van der Waals surface area contributed by atoms with Crippen LogP contribution < -0.4 is 10.6 Å². The quantitative estimate of drug-likeness (QED) is 0.677. The highest BCUT2D eigenvalue weighted by Crippen LogP contribution is 2.64. The van der Waals surface area contributed by atoms with Crippen LogP contribution in [0.5, 0.6) is 0 Å². The van der Waals surface area contributed by atoms with Crippen molar-refractivity contribution in [1.82, 2.24) is 0 Å². The SMILES string of the molecule is CC[P+](c1ccccc1)(c1ccccc1)[C@H](C)[C@@](C)(O)C1CCCCC1. The van der Waals surface area contributed by atoms with Gasteiger partial charge in [-0.15, -0.1) is 0 Å². The van der Waals surface area contributed by atoms with Crippen molar-refractivity contribution in [3.05, 3.63) is 60.7 Å². The van der Waals surface area contributed by atoms with E-state index in [1.807, 2.05) is 0 Å². The van der Waals surface area contributed by atoms with Gasteiger partial charge in [-0.1, -0.05) is 55.7 Å². The van der Waals surface area contributed by atoms with Gasteiger partial charge in [-0.25, -0.2) is 0 Å². The Morgan fingerprint density at radius 3 is 1.81 bits per heavy atom. The number of rotatable bonds is 6. The zero-order valence-corrected chi connectivity index (χ0v) is 17.5. The van der Waals surface area contributed by atoms with Crippen LogP contribution in [0.25, 0.3) is 0 Å². The van der Waals surface area contributed by atoms with Crippen LogP contribution in [0.1, 0.15) is 52.9 Å². The Hall–Kier alpha value is -1.17. The minimum atomic E-state index is -1.71. The van der Waals surface area contributed by atoms with Crippen molar-refractivity contribution >= 4 is 17.9 Å². The lowest BCUT2D eigenvalue weighted by atomic mass is 9.76. The summed E-state index contributed by atoms with van der Waals surface area (Å²) in [7, 11) is -1.71. The minimum Gasteiger partial charge on any atom is -0.386 e. The van der Waals surface area contributed by atoms with Crippen LogP contribution in [0, 0.1) is 5.92 Å².